The van der Waals surface area contributed by atoms with Crippen molar-refractivity contribution in [1.82, 2.24) is 0 Å². The lowest BCUT2D eigenvalue weighted by Gasteiger charge is -2.61. The van der Waals surface area contributed by atoms with Crippen molar-refractivity contribution in [3.05, 3.63) is 24.3 Å². The van der Waals surface area contributed by atoms with E-state index in [1.807, 2.05) is 20.8 Å². The number of hydrogen-bond donors (Lipinski definition) is 0. The van der Waals surface area contributed by atoms with Crippen LogP contribution in [-0.4, -0.2) is 35.2 Å². The highest BCUT2D eigenvalue weighted by molar-refractivity contribution is 5.88. The number of hydrogen-bond acceptors (Lipinski definition) is 6. The van der Waals surface area contributed by atoms with Gasteiger partial charge in [-0.3, -0.25) is 4.79 Å². The first-order chi connectivity index (χ1) is 13.8. The van der Waals surface area contributed by atoms with Gasteiger partial charge in [-0.2, -0.15) is 0 Å². The minimum atomic E-state index is -0.839. The van der Waals surface area contributed by atoms with Crippen LogP contribution < -0.4 is 0 Å². The molecule has 0 spiro atoms. The predicted octanol–water partition coefficient (Wildman–Crippen LogP) is 4.27. The Bertz CT molecular complexity index is 788. The van der Waals surface area contributed by atoms with Crippen molar-refractivity contribution in [1.29, 1.82) is 0 Å². The molecule has 6 nitrogen and oxygen atoms in total. The second kappa shape index (κ2) is 7.54. The molecule has 3 bridgehead atoms. The quantitative estimate of drug-likeness (QED) is 0.377. The van der Waals surface area contributed by atoms with Gasteiger partial charge in [0.2, 0.25) is 0 Å². The summed E-state index contributed by atoms with van der Waals surface area (Å²) in [5.74, 6) is -1.07. The maximum Gasteiger partial charge on any atom is 0.333 e. The highest BCUT2D eigenvalue weighted by Gasteiger charge is 2.65. The lowest BCUT2D eigenvalue weighted by atomic mass is 9.52. The highest BCUT2D eigenvalue weighted by atomic mass is 16.6. The lowest BCUT2D eigenvalue weighted by molar-refractivity contribution is -0.255. The molecular weight excluding hydrogens is 384 g/mol. The Labute approximate surface area is 179 Å². The Kier molecular flexibility index (Phi) is 5.67. The topological polar surface area (TPSA) is 78.9 Å². The summed E-state index contributed by atoms with van der Waals surface area (Å²) in [6.07, 6.45) is 3.45. The molecule has 30 heavy (non-hydrogen) atoms. The molecule has 3 aliphatic rings. The normalized spacial score (nSPS) is 34.6. The van der Waals surface area contributed by atoms with Crippen molar-refractivity contribution in [2.75, 3.05) is 0 Å². The first kappa shape index (κ1) is 22.6. The van der Waals surface area contributed by atoms with E-state index < -0.39 is 34.7 Å². The summed E-state index contributed by atoms with van der Waals surface area (Å²) in [5.41, 5.74) is -1.68. The minimum absolute atomic E-state index is 0.125. The van der Waals surface area contributed by atoms with E-state index in [1.165, 1.54) is 0 Å². The van der Waals surface area contributed by atoms with E-state index in [4.69, 9.17) is 14.2 Å². The fraction of sp³-hybridized carbons (Fsp3) is 0.708. The number of carbonyl (C=O) groups excluding carboxylic acids is 3. The van der Waals surface area contributed by atoms with Crippen LogP contribution >= 0.6 is 0 Å². The Hall–Kier alpha value is -2.11. The SMILES string of the molecule is C=C(C)C(=O)OC12CC3CCC(C(OC(=O)C(C)(C)C)C1)C(OC(=O)C(=C)C)(C3)C2. The van der Waals surface area contributed by atoms with Gasteiger partial charge in [0.25, 0.3) is 0 Å². The van der Waals surface area contributed by atoms with Crippen LogP contribution in [0.3, 0.4) is 0 Å². The molecule has 0 heterocycles. The second-order valence-corrected chi connectivity index (χ2v) is 10.6. The molecule has 3 aliphatic carbocycles. The van der Waals surface area contributed by atoms with Crippen molar-refractivity contribution in [2.24, 2.45) is 17.3 Å². The fourth-order valence-corrected chi connectivity index (χ4v) is 5.40. The van der Waals surface area contributed by atoms with Crippen LogP contribution in [0.1, 0.15) is 73.1 Å². The van der Waals surface area contributed by atoms with Crippen LogP contribution in [0.4, 0.5) is 0 Å². The first-order valence-electron chi connectivity index (χ1n) is 10.8. The van der Waals surface area contributed by atoms with Gasteiger partial charge in [-0.05, 0) is 66.2 Å². The number of fused-ring (bicyclic) bond motifs is 2. The van der Waals surface area contributed by atoms with Gasteiger partial charge in [0.15, 0.2) is 0 Å². The molecule has 0 N–H and O–H groups in total. The molecule has 0 aliphatic heterocycles. The van der Waals surface area contributed by atoms with Gasteiger partial charge in [-0.1, -0.05) is 13.2 Å². The zero-order valence-electron chi connectivity index (χ0n) is 18.8. The Morgan fingerprint density at radius 2 is 1.50 bits per heavy atom. The van der Waals surface area contributed by atoms with Gasteiger partial charge in [-0.15, -0.1) is 0 Å². The highest BCUT2D eigenvalue weighted by Crippen LogP contribution is 2.60. The van der Waals surface area contributed by atoms with E-state index in [9.17, 15) is 14.4 Å². The number of rotatable bonds is 5. The standard InChI is InChI=1S/C24H34O6/c1-14(2)19(25)29-23-10-16-8-9-17(18(12-23)28-21(27)22(5,6)7)24(11-16,13-23)30-20(26)15(3)4/h16-18H,1,3,8-13H2,2,4-7H3. The molecule has 3 rings (SSSR count). The number of ether oxygens (including phenoxy) is 3. The summed E-state index contributed by atoms with van der Waals surface area (Å²) in [7, 11) is 0. The van der Waals surface area contributed by atoms with Crippen molar-refractivity contribution in [3.63, 3.8) is 0 Å². The van der Waals surface area contributed by atoms with Crippen LogP contribution in [0.2, 0.25) is 0 Å². The average molecular weight is 419 g/mol. The van der Waals surface area contributed by atoms with Gasteiger partial charge < -0.3 is 14.2 Å². The van der Waals surface area contributed by atoms with Gasteiger partial charge in [0.1, 0.15) is 17.3 Å². The minimum Gasteiger partial charge on any atom is -0.461 e. The number of carbonyl (C=O) groups is 3. The van der Waals surface area contributed by atoms with Crippen molar-refractivity contribution >= 4 is 17.9 Å². The average Bonchev–Trinajstić information content (AvgIpc) is 2.58. The summed E-state index contributed by atoms with van der Waals surface area (Å²) in [4.78, 5) is 37.8. The van der Waals surface area contributed by atoms with Crippen LogP contribution in [0, 0.1) is 17.3 Å². The van der Waals surface area contributed by atoms with Crippen molar-refractivity contribution in [2.45, 2.75) is 90.4 Å². The smallest absolute Gasteiger partial charge is 0.333 e. The second-order valence-electron chi connectivity index (χ2n) is 10.6. The van der Waals surface area contributed by atoms with Crippen LogP contribution in [0.5, 0.6) is 0 Å². The molecule has 0 aromatic heterocycles. The summed E-state index contributed by atoms with van der Waals surface area (Å²) in [6, 6.07) is 0. The van der Waals surface area contributed by atoms with Gasteiger partial charge in [0.05, 0.1) is 5.41 Å². The molecule has 0 aromatic rings. The maximum absolute atomic E-state index is 12.7. The van der Waals surface area contributed by atoms with E-state index in [-0.39, 0.29) is 17.8 Å². The van der Waals surface area contributed by atoms with Crippen molar-refractivity contribution < 1.29 is 28.6 Å². The molecule has 5 unspecified atom stereocenters. The Morgan fingerprint density at radius 3 is 2.07 bits per heavy atom. The molecule has 3 fully saturated rings. The number of esters is 3. The van der Waals surface area contributed by atoms with E-state index in [2.05, 4.69) is 13.2 Å². The first-order valence-corrected chi connectivity index (χ1v) is 10.8. The fourth-order valence-electron chi connectivity index (χ4n) is 5.40. The Balaban J connectivity index is 2.00. The van der Waals surface area contributed by atoms with Gasteiger partial charge in [0, 0.05) is 29.9 Å². The van der Waals surface area contributed by atoms with Crippen molar-refractivity contribution in [3.8, 4) is 0 Å². The lowest BCUT2D eigenvalue weighted by Crippen LogP contribution is -2.67. The molecular formula is C24H34O6. The summed E-state index contributed by atoms with van der Waals surface area (Å²) >= 11 is 0. The molecule has 166 valence electrons. The molecule has 0 amide bonds. The zero-order valence-corrected chi connectivity index (χ0v) is 18.8. The Morgan fingerprint density at radius 1 is 0.900 bits per heavy atom. The van der Waals surface area contributed by atoms with E-state index >= 15 is 0 Å². The molecule has 0 saturated heterocycles. The van der Waals surface area contributed by atoms with E-state index in [0.717, 1.165) is 12.8 Å². The molecule has 5 atom stereocenters. The van der Waals surface area contributed by atoms with Gasteiger partial charge in [-0.25, -0.2) is 9.59 Å². The third-order valence-corrected chi connectivity index (χ3v) is 6.67. The van der Waals surface area contributed by atoms with Crippen LogP contribution in [-0.2, 0) is 28.6 Å². The molecule has 0 radical (unpaired) electrons. The third kappa shape index (κ3) is 4.19. The predicted molar refractivity (Wildman–Crippen MR) is 111 cm³/mol. The largest absolute Gasteiger partial charge is 0.461 e. The summed E-state index contributed by atoms with van der Waals surface area (Å²) < 4.78 is 18.0. The summed E-state index contributed by atoms with van der Waals surface area (Å²) in [5, 5.41) is 0. The van der Waals surface area contributed by atoms with Crippen LogP contribution in [0.15, 0.2) is 24.3 Å². The van der Waals surface area contributed by atoms with Gasteiger partial charge >= 0.3 is 17.9 Å². The van der Waals surface area contributed by atoms with E-state index in [0.29, 0.717) is 36.8 Å². The van der Waals surface area contributed by atoms with Crippen LogP contribution in [0.25, 0.3) is 0 Å². The molecule has 0 aromatic carbocycles. The zero-order chi connectivity index (χ0) is 22.5. The third-order valence-electron chi connectivity index (χ3n) is 6.67. The molecule has 3 saturated carbocycles. The summed E-state index contributed by atoms with van der Waals surface area (Å²) in [6.45, 7) is 16.1. The van der Waals surface area contributed by atoms with E-state index in [1.54, 1.807) is 13.8 Å². The molecule has 6 heteroatoms. The monoisotopic (exact) mass is 418 g/mol. The maximum atomic E-state index is 12.7.